The number of esters is 1. The average Bonchev–Trinajstić information content (AvgIpc) is 3.12. The van der Waals surface area contributed by atoms with Crippen LogP contribution >= 0.6 is 0 Å². The molecule has 1 aliphatic heterocycles. The lowest BCUT2D eigenvalue weighted by molar-refractivity contribution is -0.140. The normalized spacial score (nSPS) is 11.9. The number of ether oxygens (including phenoxy) is 3. The van der Waals surface area contributed by atoms with Gasteiger partial charge in [-0.2, -0.15) is 0 Å². The molecule has 0 radical (unpaired) electrons. The molecule has 0 N–H and O–H groups in total. The standard InChI is InChI=1S/C20H21NO5/c1-14-5-3-4-6-16(14)20(23)21(10-9-19(22)24-2)12-15-7-8-17-18(11-15)26-13-25-17/h3-8,11H,9-10,12-13H2,1-2H3. The van der Waals surface area contributed by atoms with E-state index in [0.717, 1.165) is 11.1 Å². The lowest BCUT2D eigenvalue weighted by Gasteiger charge is -2.23. The summed E-state index contributed by atoms with van der Waals surface area (Å²) in [6.07, 6.45) is 0.138. The number of carbonyl (C=O) groups is 2. The zero-order valence-electron chi connectivity index (χ0n) is 14.9. The molecule has 0 aromatic heterocycles. The molecular formula is C20H21NO5. The first-order valence-electron chi connectivity index (χ1n) is 8.38. The highest BCUT2D eigenvalue weighted by Crippen LogP contribution is 2.33. The fourth-order valence-corrected chi connectivity index (χ4v) is 2.82. The van der Waals surface area contributed by atoms with E-state index in [-0.39, 0.29) is 31.6 Å². The van der Waals surface area contributed by atoms with E-state index in [1.165, 1.54) is 7.11 Å². The average molecular weight is 355 g/mol. The van der Waals surface area contributed by atoms with Gasteiger partial charge >= 0.3 is 5.97 Å². The van der Waals surface area contributed by atoms with Crippen LogP contribution in [0.1, 0.15) is 27.9 Å². The van der Waals surface area contributed by atoms with Gasteiger partial charge in [0.15, 0.2) is 11.5 Å². The van der Waals surface area contributed by atoms with E-state index in [9.17, 15) is 9.59 Å². The molecular weight excluding hydrogens is 334 g/mol. The fraction of sp³-hybridized carbons (Fsp3) is 0.300. The van der Waals surface area contributed by atoms with E-state index in [1.54, 1.807) is 11.0 Å². The van der Waals surface area contributed by atoms with E-state index < -0.39 is 0 Å². The summed E-state index contributed by atoms with van der Waals surface area (Å²) in [4.78, 5) is 26.2. The highest BCUT2D eigenvalue weighted by molar-refractivity contribution is 5.95. The van der Waals surface area contributed by atoms with Crippen LogP contribution < -0.4 is 9.47 Å². The Hall–Kier alpha value is -3.02. The summed E-state index contributed by atoms with van der Waals surface area (Å²) in [7, 11) is 1.34. The third-order valence-corrected chi connectivity index (χ3v) is 4.29. The Morgan fingerprint density at radius 1 is 1.12 bits per heavy atom. The Morgan fingerprint density at radius 2 is 1.88 bits per heavy atom. The quantitative estimate of drug-likeness (QED) is 0.746. The molecule has 0 spiro atoms. The maximum atomic E-state index is 13.0. The van der Waals surface area contributed by atoms with Crippen LogP contribution in [0.15, 0.2) is 42.5 Å². The molecule has 1 aliphatic rings. The summed E-state index contributed by atoms with van der Waals surface area (Å²) >= 11 is 0. The van der Waals surface area contributed by atoms with Crippen LogP contribution in [-0.2, 0) is 16.1 Å². The van der Waals surface area contributed by atoms with E-state index in [1.807, 2.05) is 43.3 Å². The van der Waals surface area contributed by atoms with Gasteiger partial charge in [0.05, 0.1) is 13.5 Å². The van der Waals surface area contributed by atoms with Crippen LogP contribution in [0, 0.1) is 6.92 Å². The monoisotopic (exact) mass is 355 g/mol. The van der Waals surface area contributed by atoms with Crippen molar-refractivity contribution in [3.63, 3.8) is 0 Å². The number of methoxy groups -OCH3 is 1. The van der Waals surface area contributed by atoms with Gasteiger partial charge in [-0.1, -0.05) is 24.3 Å². The molecule has 0 saturated carbocycles. The number of benzene rings is 2. The van der Waals surface area contributed by atoms with Gasteiger partial charge < -0.3 is 19.1 Å². The molecule has 0 saturated heterocycles. The number of carbonyl (C=O) groups excluding carboxylic acids is 2. The van der Waals surface area contributed by atoms with Crippen molar-refractivity contribution in [3.8, 4) is 11.5 Å². The first-order valence-corrected chi connectivity index (χ1v) is 8.38. The van der Waals surface area contributed by atoms with E-state index >= 15 is 0 Å². The van der Waals surface area contributed by atoms with Crippen molar-refractivity contribution in [2.24, 2.45) is 0 Å². The molecule has 0 unspecified atom stereocenters. The molecule has 2 aromatic rings. The van der Waals surface area contributed by atoms with Crippen molar-refractivity contribution in [3.05, 3.63) is 59.2 Å². The van der Waals surface area contributed by atoms with Crippen LogP contribution in [0.25, 0.3) is 0 Å². The molecule has 0 fully saturated rings. The van der Waals surface area contributed by atoms with Crippen molar-refractivity contribution in [1.29, 1.82) is 0 Å². The molecule has 1 amide bonds. The van der Waals surface area contributed by atoms with E-state index in [0.29, 0.717) is 23.6 Å². The predicted molar refractivity (Wildman–Crippen MR) is 95.1 cm³/mol. The van der Waals surface area contributed by atoms with Crippen LogP contribution in [0.3, 0.4) is 0 Å². The van der Waals surface area contributed by atoms with Gasteiger partial charge in [0.2, 0.25) is 6.79 Å². The molecule has 3 rings (SSSR count). The van der Waals surface area contributed by atoms with Gasteiger partial charge in [-0.25, -0.2) is 0 Å². The summed E-state index contributed by atoms with van der Waals surface area (Å²) in [6.45, 7) is 2.73. The lowest BCUT2D eigenvalue weighted by Crippen LogP contribution is -2.33. The van der Waals surface area contributed by atoms with Gasteiger partial charge in [0.1, 0.15) is 0 Å². The molecule has 136 valence electrons. The van der Waals surface area contributed by atoms with Crippen molar-refractivity contribution >= 4 is 11.9 Å². The Labute approximate surface area is 152 Å². The van der Waals surface area contributed by atoms with Crippen molar-refractivity contribution in [2.45, 2.75) is 19.9 Å². The lowest BCUT2D eigenvalue weighted by atomic mass is 10.1. The third-order valence-electron chi connectivity index (χ3n) is 4.29. The fourth-order valence-electron chi connectivity index (χ4n) is 2.82. The number of hydrogen-bond acceptors (Lipinski definition) is 5. The molecule has 0 bridgehead atoms. The van der Waals surface area contributed by atoms with Gasteiger partial charge in [0, 0.05) is 18.7 Å². The summed E-state index contributed by atoms with van der Waals surface area (Å²) < 4.78 is 15.4. The Kier molecular flexibility index (Phi) is 5.41. The molecule has 2 aromatic carbocycles. The van der Waals surface area contributed by atoms with E-state index in [2.05, 4.69) is 0 Å². The minimum Gasteiger partial charge on any atom is -0.469 e. The molecule has 0 atom stereocenters. The number of nitrogens with zero attached hydrogens (tertiary/aromatic N) is 1. The second-order valence-electron chi connectivity index (χ2n) is 6.06. The zero-order valence-corrected chi connectivity index (χ0v) is 14.9. The number of aryl methyl sites for hydroxylation is 1. The number of fused-ring (bicyclic) bond motifs is 1. The minimum atomic E-state index is -0.349. The molecule has 1 heterocycles. The molecule has 0 aliphatic carbocycles. The maximum absolute atomic E-state index is 13.0. The van der Waals surface area contributed by atoms with Gasteiger partial charge in [-0.15, -0.1) is 0 Å². The van der Waals surface area contributed by atoms with Gasteiger partial charge in [-0.3, -0.25) is 9.59 Å². The van der Waals surface area contributed by atoms with Crippen molar-refractivity contribution in [2.75, 3.05) is 20.4 Å². The van der Waals surface area contributed by atoms with E-state index in [4.69, 9.17) is 14.2 Å². The highest BCUT2D eigenvalue weighted by Gasteiger charge is 2.20. The Morgan fingerprint density at radius 3 is 2.65 bits per heavy atom. The van der Waals surface area contributed by atoms with Crippen LogP contribution in [0.4, 0.5) is 0 Å². The first-order chi connectivity index (χ1) is 12.6. The Balaban J connectivity index is 1.82. The predicted octanol–water partition coefficient (Wildman–Crippen LogP) is 2.93. The summed E-state index contributed by atoms with van der Waals surface area (Å²) in [6, 6.07) is 13.0. The second-order valence-corrected chi connectivity index (χ2v) is 6.06. The zero-order chi connectivity index (χ0) is 18.5. The minimum absolute atomic E-state index is 0.121. The number of rotatable bonds is 6. The summed E-state index contributed by atoms with van der Waals surface area (Å²) in [5, 5.41) is 0. The van der Waals surface area contributed by atoms with Crippen molar-refractivity contribution in [1.82, 2.24) is 4.90 Å². The first kappa shape index (κ1) is 17.8. The SMILES string of the molecule is COC(=O)CCN(Cc1ccc2c(c1)OCO2)C(=O)c1ccccc1C. The van der Waals surface area contributed by atoms with Crippen LogP contribution in [0.2, 0.25) is 0 Å². The number of hydrogen-bond donors (Lipinski definition) is 0. The van der Waals surface area contributed by atoms with Gasteiger partial charge in [0.25, 0.3) is 5.91 Å². The second kappa shape index (κ2) is 7.91. The van der Waals surface area contributed by atoms with Gasteiger partial charge in [-0.05, 0) is 36.2 Å². The maximum Gasteiger partial charge on any atom is 0.307 e. The van der Waals surface area contributed by atoms with Crippen LogP contribution in [0.5, 0.6) is 11.5 Å². The molecule has 6 heteroatoms. The largest absolute Gasteiger partial charge is 0.469 e. The van der Waals surface area contributed by atoms with Crippen molar-refractivity contribution < 1.29 is 23.8 Å². The summed E-state index contributed by atoms with van der Waals surface area (Å²) in [5.74, 6) is 0.891. The molecule has 26 heavy (non-hydrogen) atoms. The topological polar surface area (TPSA) is 65.1 Å². The third kappa shape index (κ3) is 3.96. The Bertz CT molecular complexity index is 818. The summed E-state index contributed by atoms with van der Waals surface area (Å²) in [5.41, 5.74) is 2.42. The number of amides is 1. The smallest absolute Gasteiger partial charge is 0.307 e. The highest BCUT2D eigenvalue weighted by atomic mass is 16.7. The molecule has 6 nitrogen and oxygen atoms in total. The van der Waals surface area contributed by atoms with Crippen LogP contribution in [-0.4, -0.2) is 37.2 Å².